The molecule has 0 saturated heterocycles. The van der Waals surface area contributed by atoms with Gasteiger partial charge in [0.2, 0.25) is 5.91 Å². The predicted octanol–water partition coefficient (Wildman–Crippen LogP) is 0.540. The van der Waals surface area contributed by atoms with E-state index in [-0.39, 0.29) is 12.6 Å². The summed E-state index contributed by atoms with van der Waals surface area (Å²) < 4.78 is 0. The number of benzene rings is 1. The lowest BCUT2D eigenvalue weighted by Gasteiger charge is -2.16. The summed E-state index contributed by atoms with van der Waals surface area (Å²) in [5.74, 6) is -0.463. The first-order valence-electron chi connectivity index (χ1n) is 5.93. The first-order valence-corrected chi connectivity index (χ1v) is 5.93. The minimum Gasteiger partial charge on any atom is -0.465 e. The molecule has 0 aromatic heterocycles. The van der Waals surface area contributed by atoms with Crippen molar-refractivity contribution >= 4 is 12.0 Å². The molecule has 19 heavy (non-hydrogen) atoms. The van der Waals surface area contributed by atoms with Gasteiger partial charge in [0.1, 0.15) is 0 Å². The van der Waals surface area contributed by atoms with Crippen molar-refractivity contribution in [1.82, 2.24) is 5.32 Å². The third kappa shape index (κ3) is 4.26. The molecule has 0 aliphatic carbocycles. The van der Waals surface area contributed by atoms with E-state index in [0.717, 1.165) is 16.7 Å². The molecule has 2 amide bonds. The van der Waals surface area contributed by atoms with Gasteiger partial charge in [-0.3, -0.25) is 4.79 Å². The van der Waals surface area contributed by atoms with Gasteiger partial charge in [0.15, 0.2) is 0 Å². The summed E-state index contributed by atoms with van der Waals surface area (Å²) in [4.78, 5) is 21.5. The van der Waals surface area contributed by atoms with Gasteiger partial charge >= 0.3 is 6.09 Å². The molecular formula is C13H19N3O3. The van der Waals surface area contributed by atoms with Gasteiger partial charge < -0.3 is 21.9 Å². The fraction of sp³-hybridized carbons (Fsp3) is 0.385. The Labute approximate surface area is 111 Å². The zero-order chi connectivity index (χ0) is 14.6. The van der Waals surface area contributed by atoms with Gasteiger partial charge in [-0.05, 0) is 49.1 Å². The van der Waals surface area contributed by atoms with Gasteiger partial charge in [0, 0.05) is 18.2 Å². The lowest BCUT2D eigenvalue weighted by Crippen LogP contribution is -2.38. The Balaban J connectivity index is 2.84. The lowest BCUT2D eigenvalue weighted by molar-refractivity contribution is 0.1000. The predicted molar refractivity (Wildman–Crippen MR) is 72.1 cm³/mol. The third-order valence-corrected chi connectivity index (χ3v) is 2.96. The van der Waals surface area contributed by atoms with Crippen LogP contribution in [0.3, 0.4) is 0 Å². The second-order valence-electron chi connectivity index (χ2n) is 4.60. The fourth-order valence-electron chi connectivity index (χ4n) is 2.01. The van der Waals surface area contributed by atoms with E-state index in [1.54, 1.807) is 12.1 Å². The van der Waals surface area contributed by atoms with E-state index >= 15 is 0 Å². The van der Waals surface area contributed by atoms with Gasteiger partial charge in [-0.2, -0.15) is 0 Å². The van der Waals surface area contributed by atoms with Crippen molar-refractivity contribution in [3.8, 4) is 0 Å². The van der Waals surface area contributed by atoms with Crippen molar-refractivity contribution in [3.05, 3.63) is 34.4 Å². The highest BCUT2D eigenvalue weighted by Gasteiger charge is 2.12. The van der Waals surface area contributed by atoms with E-state index in [2.05, 4.69) is 5.32 Å². The van der Waals surface area contributed by atoms with E-state index < -0.39 is 12.0 Å². The van der Waals surface area contributed by atoms with E-state index in [0.29, 0.717) is 12.0 Å². The second-order valence-corrected chi connectivity index (χ2v) is 4.60. The molecule has 0 fully saturated rings. The van der Waals surface area contributed by atoms with Crippen molar-refractivity contribution in [2.24, 2.45) is 11.5 Å². The van der Waals surface area contributed by atoms with Crippen molar-refractivity contribution in [1.29, 1.82) is 0 Å². The van der Waals surface area contributed by atoms with Crippen LogP contribution in [0.5, 0.6) is 0 Å². The number of carbonyl (C=O) groups excluding carboxylic acids is 1. The van der Waals surface area contributed by atoms with Gasteiger partial charge in [-0.1, -0.05) is 0 Å². The van der Waals surface area contributed by atoms with Crippen LogP contribution in [0.15, 0.2) is 12.1 Å². The van der Waals surface area contributed by atoms with Crippen LogP contribution in [0.2, 0.25) is 0 Å². The standard InChI is InChI=1S/C13H19N3O3/c1-7-3-9(12(15)17)4-8(2)11(7)5-10(14)6-16-13(18)19/h3-4,10,16H,5-6,14H2,1-2H3,(H2,15,17)(H,18,19)/t10-/m0/s1. The summed E-state index contributed by atoms with van der Waals surface area (Å²) in [5.41, 5.74) is 14.5. The molecule has 0 aliphatic rings. The minimum atomic E-state index is -1.09. The van der Waals surface area contributed by atoms with Crippen LogP contribution in [-0.4, -0.2) is 29.7 Å². The normalized spacial score (nSPS) is 11.9. The van der Waals surface area contributed by atoms with Crippen LogP contribution in [0.1, 0.15) is 27.0 Å². The average molecular weight is 265 g/mol. The number of primary amides is 1. The molecule has 0 spiro atoms. The van der Waals surface area contributed by atoms with Crippen LogP contribution < -0.4 is 16.8 Å². The van der Waals surface area contributed by atoms with Crippen molar-refractivity contribution in [3.63, 3.8) is 0 Å². The molecule has 0 bridgehead atoms. The molecule has 0 heterocycles. The Hall–Kier alpha value is -2.08. The maximum absolute atomic E-state index is 11.1. The Morgan fingerprint density at radius 1 is 1.32 bits per heavy atom. The van der Waals surface area contributed by atoms with E-state index in [9.17, 15) is 9.59 Å². The molecule has 1 rings (SSSR count). The smallest absolute Gasteiger partial charge is 0.404 e. The Morgan fingerprint density at radius 2 is 1.84 bits per heavy atom. The number of amides is 2. The largest absolute Gasteiger partial charge is 0.465 e. The number of hydrogen-bond donors (Lipinski definition) is 4. The quantitative estimate of drug-likeness (QED) is 0.621. The summed E-state index contributed by atoms with van der Waals surface area (Å²) in [6, 6.07) is 3.14. The lowest BCUT2D eigenvalue weighted by atomic mass is 9.94. The molecule has 1 aromatic rings. The van der Waals surface area contributed by atoms with Gasteiger partial charge in [-0.25, -0.2) is 4.79 Å². The second kappa shape index (κ2) is 6.19. The molecule has 0 radical (unpaired) electrons. The molecule has 6 nitrogen and oxygen atoms in total. The average Bonchev–Trinajstić information content (AvgIpc) is 2.30. The number of nitrogens with two attached hydrogens (primary N) is 2. The van der Waals surface area contributed by atoms with Crippen LogP contribution in [-0.2, 0) is 6.42 Å². The summed E-state index contributed by atoms with van der Waals surface area (Å²) in [5, 5.41) is 10.8. The molecule has 6 N–H and O–H groups in total. The number of carboxylic acid groups (broad SMARTS) is 1. The third-order valence-electron chi connectivity index (χ3n) is 2.96. The summed E-state index contributed by atoms with van der Waals surface area (Å²) in [6.07, 6.45) is -0.551. The maximum Gasteiger partial charge on any atom is 0.404 e. The van der Waals surface area contributed by atoms with E-state index in [1.165, 1.54) is 0 Å². The van der Waals surface area contributed by atoms with Crippen LogP contribution in [0.25, 0.3) is 0 Å². The molecular weight excluding hydrogens is 246 g/mol. The highest BCUT2D eigenvalue weighted by atomic mass is 16.4. The van der Waals surface area contributed by atoms with Gasteiger partial charge in [0.25, 0.3) is 0 Å². The van der Waals surface area contributed by atoms with E-state index in [4.69, 9.17) is 16.6 Å². The molecule has 0 aliphatic heterocycles. The Bertz CT molecular complexity index is 477. The molecule has 1 aromatic carbocycles. The van der Waals surface area contributed by atoms with Crippen molar-refractivity contribution in [2.45, 2.75) is 26.3 Å². The number of aryl methyl sites for hydroxylation is 2. The highest BCUT2D eigenvalue weighted by Crippen LogP contribution is 2.18. The Kier molecular flexibility index (Phi) is 4.88. The summed E-state index contributed by atoms with van der Waals surface area (Å²) in [7, 11) is 0. The molecule has 1 atom stereocenters. The first kappa shape index (κ1) is 15.0. The SMILES string of the molecule is Cc1cc(C(N)=O)cc(C)c1C[C@H](N)CNC(=O)O. The zero-order valence-electron chi connectivity index (χ0n) is 11.1. The molecule has 0 unspecified atom stereocenters. The van der Waals surface area contributed by atoms with Crippen molar-refractivity contribution < 1.29 is 14.7 Å². The number of rotatable bonds is 5. The monoisotopic (exact) mass is 265 g/mol. The number of hydrogen-bond acceptors (Lipinski definition) is 3. The van der Waals surface area contributed by atoms with Gasteiger partial charge in [0.05, 0.1) is 0 Å². The molecule has 104 valence electrons. The molecule has 0 saturated carbocycles. The van der Waals surface area contributed by atoms with Crippen LogP contribution >= 0.6 is 0 Å². The van der Waals surface area contributed by atoms with Crippen molar-refractivity contribution in [2.75, 3.05) is 6.54 Å². The summed E-state index contributed by atoms with van der Waals surface area (Å²) in [6.45, 7) is 3.95. The zero-order valence-corrected chi connectivity index (χ0v) is 11.1. The number of nitrogens with one attached hydrogen (secondary N) is 1. The molecule has 6 heteroatoms. The topological polar surface area (TPSA) is 118 Å². The Morgan fingerprint density at radius 3 is 2.26 bits per heavy atom. The van der Waals surface area contributed by atoms with E-state index in [1.807, 2.05) is 13.8 Å². The fourth-order valence-corrected chi connectivity index (χ4v) is 2.01. The highest BCUT2D eigenvalue weighted by molar-refractivity contribution is 5.93. The maximum atomic E-state index is 11.1. The summed E-state index contributed by atoms with van der Waals surface area (Å²) >= 11 is 0. The minimum absolute atomic E-state index is 0.186. The van der Waals surface area contributed by atoms with Crippen LogP contribution in [0.4, 0.5) is 4.79 Å². The van der Waals surface area contributed by atoms with Crippen LogP contribution in [0, 0.1) is 13.8 Å². The van der Waals surface area contributed by atoms with Gasteiger partial charge in [-0.15, -0.1) is 0 Å². The first-order chi connectivity index (χ1) is 8.81. The number of carbonyl (C=O) groups is 2.